The van der Waals surface area contributed by atoms with Gasteiger partial charge in [-0.3, -0.25) is 4.99 Å². The molecule has 0 atom stereocenters. The van der Waals surface area contributed by atoms with Crippen molar-refractivity contribution in [2.24, 2.45) is 10.7 Å². The molecule has 5 heteroatoms. The normalized spacial score (nSPS) is 11.5. The van der Waals surface area contributed by atoms with E-state index >= 15 is 0 Å². The van der Waals surface area contributed by atoms with Crippen molar-refractivity contribution in [2.45, 2.75) is 6.92 Å². The number of nitrogens with zero attached hydrogens (tertiary/aromatic N) is 1. The average molecular weight is 216 g/mol. The number of guanidine groups is 1. The van der Waals surface area contributed by atoms with Gasteiger partial charge in [0, 0.05) is 11.6 Å². The van der Waals surface area contributed by atoms with Crippen molar-refractivity contribution in [1.82, 2.24) is 0 Å². The fourth-order valence-corrected chi connectivity index (χ4v) is 1.11. The minimum Gasteiger partial charge on any atom is -0.370 e. The molecule has 0 spiro atoms. The summed E-state index contributed by atoms with van der Waals surface area (Å²) in [6.45, 7) is 2.38. The van der Waals surface area contributed by atoms with Gasteiger partial charge in [-0.1, -0.05) is 11.6 Å². The smallest absolute Gasteiger partial charge is 0.193 e. The minimum atomic E-state index is -0.413. The van der Waals surface area contributed by atoms with Crippen molar-refractivity contribution < 1.29 is 4.39 Å². The Kier molecular flexibility index (Phi) is 3.71. The molecule has 0 aliphatic heterocycles. The van der Waals surface area contributed by atoms with Crippen LogP contribution in [0.3, 0.4) is 0 Å². The lowest BCUT2D eigenvalue weighted by Crippen LogP contribution is -2.23. The van der Waals surface area contributed by atoms with Crippen LogP contribution >= 0.6 is 11.6 Å². The Morgan fingerprint density at radius 3 is 3.00 bits per heavy atom. The van der Waals surface area contributed by atoms with Gasteiger partial charge in [-0.15, -0.1) is 0 Å². The zero-order valence-electron chi connectivity index (χ0n) is 7.72. The molecule has 0 radical (unpaired) electrons. The van der Waals surface area contributed by atoms with Crippen LogP contribution in [-0.4, -0.2) is 12.5 Å². The van der Waals surface area contributed by atoms with Gasteiger partial charge in [0.05, 0.1) is 5.69 Å². The van der Waals surface area contributed by atoms with Crippen LogP contribution in [0.4, 0.5) is 10.1 Å². The Balaban J connectivity index is 2.85. The maximum atomic E-state index is 13.1. The maximum Gasteiger partial charge on any atom is 0.193 e. The van der Waals surface area contributed by atoms with E-state index in [1.54, 1.807) is 0 Å². The molecule has 0 aliphatic rings. The number of benzene rings is 1. The van der Waals surface area contributed by atoms with Crippen LogP contribution in [0, 0.1) is 5.82 Å². The average Bonchev–Trinajstić information content (AvgIpc) is 2.12. The van der Waals surface area contributed by atoms with Gasteiger partial charge in [0.15, 0.2) is 5.96 Å². The highest BCUT2D eigenvalue weighted by Gasteiger charge is 2.03. The van der Waals surface area contributed by atoms with Gasteiger partial charge in [0.1, 0.15) is 5.82 Å². The van der Waals surface area contributed by atoms with Crippen LogP contribution in [0.1, 0.15) is 6.92 Å². The molecule has 1 aromatic carbocycles. The second kappa shape index (κ2) is 4.81. The first-order valence-electron chi connectivity index (χ1n) is 4.15. The first-order chi connectivity index (χ1) is 6.63. The molecular weight excluding hydrogens is 205 g/mol. The molecule has 3 nitrogen and oxygen atoms in total. The van der Waals surface area contributed by atoms with E-state index in [0.29, 0.717) is 11.6 Å². The standard InChI is InChI=1S/C9H11ClFN3/c1-2-13-9(12)14-8-5-6(10)3-4-7(8)11/h3-5H,2H2,1H3,(H3,12,13,14). The highest BCUT2D eigenvalue weighted by atomic mass is 35.5. The summed E-state index contributed by atoms with van der Waals surface area (Å²) in [5, 5.41) is 3.06. The molecule has 0 saturated carbocycles. The molecule has 0 amide bonds. The van der Waals surface area contributed by atoms with Gasteiger partial charge in [-0.05, 0) is 25.1 Å². The Labute approximate surface area is 86.8 Å². The molecule has 1 rings (SSSR count). The molecule has 0 aliphatic carbocycles. The van der Waals surface area contributed by atoms with Crippen LogP contribution in [0.15, 0.2) is 23.2 Å². The van der Waals surface area contributed by atoms with E-state index in [2.05, 4.69) is 10.3 Å². The molecule has 0 unspecified atom stereocenters. The number of nitrogens with two attached hydrogens (primary N) is 1. The highest BCUT2D eigenvalue weighted by molar-refractivity contribution is 6.30. The number of anilines is 1. The maximum absolute atomic E-state index is 13.1. The van der Waals surface area contributed by atoms with E-state index in [4.69, 9.17) is 17.3 Å². The van der Waals surface area contributed by atoms with Crippen molar-refractivity contribution in [1.29, 1.82) is 0 Å². The molecule has 76 valence electrons. The number of hydrogen-bond donors (Lipinski definition) is 2. The fourth-order valence-electron chi connectivity index (χ4n) is 0.941. The SMILES string of the molecule is CCN=C(N)Nc1cc(Cl)ccc1F. The summed E-state index contributed by atoms with van der Waals surface area (Å²) in [6, 6.07) is 4.19. The number of hydrogen-bond acceptors (Lipinski definition) is 1. The third kappa shape index (κ3) is 2.88. The monoisotopic (exact) mass is 215 g/mol. The van der Waals surface area contributed by atoms with Crippen molar-refractivity contribution in [3.63, 3.8) is 0 Å². The van der Waals surface area contributed by atoms with E-state index in [-0.39, 0.29) is 11.6 Å². The van der Waals surface area contributed by atoms with E-state index in [9.17, 15) is 4.39 Å². The predicted molar refractivity (Wildman–Crippen MR) is 57.2 cm³/mol. The van der Waals surface area contributed by atoms with Crippen molar-refractivity contribution in [3.05, 3.63) is 29.0 Å². The highest BCUT2D eigenvalue weighted by Crippen LogP contribution is 2.18. The lowest BCUT2D eigenvalue weighted by molar-refractivity contribution is 0.632. The molecule has 0 aromatic heterocycles. The van der Waals surface area contributed by atoms with E-state index in [1.807, 2.05) is 6.92 Å². The second-order valence-corrected chi connectivity index (χ2v) is 3.05. The summed E-state index contributed by atoms with van der Waals surface area (Å²) in [6.07, 6.45) is 0. The summed E-state index contributed by atoms with van der Waals surface area (Å²) in [5.41, 5.74) is 5.69. The van der Waals surface area contributed by atoms with E-state index < -0.39 is 5.82 Å². The predicted octanol–water partition coefficient (Wildman–Crippen LogP) is 2.23. The third-order valence-corrected chi connectivity index (χ3v) is 1.75. The van der Waals surface area contributed by atoms with Crippen molar-refractivity contribution in [2.75, 3.05) is 11.9 Å². The van der Waals surface area contributed by atoms with Gasteiger partial charge < -0.3 is 11.1 Å². The second-order valence-electron chi connectivity index (χ2n) is 2.61. The minimum absolute atomic E-state index is 0.175. The molecule has 0 fully saturated rings. The van der Waals surface area contributed by atoms with Crippen LogP contribution in [0.2, 0.25) is 5.02 Å². The number of nitrogens with one attached hydrogen (secondary N) is 1. The van der Waals surface area contributed by atoms with Gasteiger partial charge >= 0.3 is 0 Å². The first-order valence-corrected chi connectivity index (χ1v) is 4.53. The molecule has 1 aromatic rings. The lowest BCUT2D eigenvalue weighted by atomic mass is 10.3. The van der Waals surface area contributed by atoms with E-state index in [1.165, 1.54) is 18.2 Å². The summed E-state index contributed by atoms with van der Waals surface area (Å²) in [4.78, 5) is 3.86. The topological polar surface area (TPSA) is 50.4 Å². The van der Waals surface area contributed by atoms with Crippen molar-refractivity contribution in [3.8, 4) is 0 Å². The van der Waals surface area contributed by atoms with Crippen LogP contribution in [0.25, 0.3) is 0 Å². The third-order valence-electron chi connectivity index (χ3n) is 1.52. The van der Waals surface area contributed by atoms with Crippen LogP contribution in [-0.2, 0) is 0 Å². The van der Waals surface area contributed by atoms with Gasteiger partial charge in [0.2, 0.25) is 0 Å². The first kappa shape index (κ1) is 10.8. The van der Waals surface area contributed by atoms with Gasteiger partial charge in [0.25, 0.3) is 0 Å². The Morgan fingerprint density at radius 1 is 1.64 bits per heavy atom. The quantitative estimate of drug-likeness (QED) is 0.587. The molecule has 0 bridgehead atoms. The fraction of sp³-hybridized carbons (Fsp3) is 0.222. The molecule has 3 N–H and O–H groups in total. The molecule has 0 saturated heterocycles. The number of rotatable bonds is 2. The lowest BCUT2D eigenvalue weighted by Gasteiger charge is -2.06. The van der Waals surface area contributed by atoms with Crippen molar-refractivity contribution >= 4 is 23.2 Å². The zero-order chi connectivity index (χ0) is 10.6. The molecule has 0 heterocycles. The zero-order valence-corrected chi connectivity index (χ0v) is 8.48. The number of aliphatic imine (C=N–C) groups is 1. The van der Waals surface area contributed by atoms with Crippen LogP contribution < -0.4 is 11.1 Å². The molecule has 14 heavy (non-hydrogen) atoms. The molecular formula is C9H11ClFN3. The summed E-state index contributed by atoms with van der Waals surface area (Å²) >= 11 is 5.69. The largest absolute Gasteiger partial charge is 0.370 e. The Hall–Kier alpha value is -1.29. The number of halogens is 2. The van der Waals surface area contributed by atoms with E-state index in [0.717, 1.165) is 0 Å². The Bertz CT molecular complexity index is 352. The van der Waals surface area contributed by atoms with Gasteiger partial charge in [-0.25, -0.2) is 4.39 Å². The van der Waals surface area contributed by atoms with Gasteiger partial charge in [-0.2, -0.15) is 0 Å². The summed E-state index contributed by atoms with van der Waals surface area (Å²) < 4.78 is 13.1. The summed E-state index contributed by atoms with van der Waals surface area (Å²) in [5.74, 6) is -0.239. The van der Waals surface area contributed by atoms with Crippen LogP contribution in [0.5, 0.6) is 0 Å². The Morgan fingerprint density at radius 2 is 2.36 bits per heavy atom. The summed E-state index contributed by atoms with van der Waals surface area (Å²) in [7, 11) is 0.